The molecule has 7 nitrogen and oxygen atoms in total. The van der Waals surface area contributed by atoms with Gasteiger partial charge < -0.3 is 24.8 Å². The summed E-state index contributed by atoms with van der Waals surface area (Å²) in [6.07, 6.45) is 0.455. The van der Waals surface area contributed by atoms with E-state index in [4.69, 9.17) is 9.47 Å². The summed E-state index contributed by atoms with van der Waals surface area (Å²) in [5, 5.41) is 15.0. The van der Waals surface area contributed by atoms with Gasteiger partial charge in [-0.25, -0.2) is 4.79 Å². The summed E-state index contributed by atoms with van der Waals surface area (Å²) in [6, 6.07) is 23.7. The highest BCUT2D eigenvalue weighted by atomic mass is 32.2. The standard InChI is InChI=1S/C30H26N2O5S/c1-36-20-14-12-17(13-15-20)26(33)25-29(31-19-9-4-3-5-10-19)38-28-24-21-11-7-6-8-18(21)16-22(32(24)25)23(27(28)34)30(35)37-2/h3-15,22,24,28,31,34H,16H2,1-2H3. The van der Waals surface area contributed by atoms with E-state index >= 15 is 0 Å². The number of hydrogen-bond acceptors (Lipinski definition) is 8. The molecule has 3 aromatic rings. The predicted molar refractivity (Wildman–Crippen MR) is 146 cm³/mol. The molecule has 38 heavy (non-hydrogen) atoms. The van der Waals surface area contributed by atoms with E-state index in [9.17, 15) is 14.7 Å². The normalized spacial score (nSPS) is 21.5. The fourth-order valence-electron chi connectivity index (χ4n) is 5.59. The van der Waals surface area contributed by atoms with Gasteiger partial charge in [-0.15, -0.1) is 0 Å². The van der Waals surface area contributed by atoms with E-state index < -0.39 is 17.3 Å². The number of allylic oxidation sites excluding steroid dienone is 1. The van der Waals surface area contributed by atoms with Crippen molar-refractivity contribution in [1.29, 1.82) is 0 Å². The molecule has 192 valence electrons. The number of anilines is 1. The second-order valence-electron chi connectivity index (χ2n) is 9.33. The lowest BCUT2D eigenvalue weighted by Gasteiger charge is -2.54. The van der Waals surface area contributed by atoms with Crippen molar-refractivity contribution in [2.24, 2.45) is 0 Å². The van der Waals surface area contributed by atoms with Crippen LogP contribution in [0.1, 0.15) is 27.5 Å². The third-order valence-corrected chi connectivity index (χ3v) is 8.58. The van der Waals surface area contributed by atoms with Gasteiger partial charge in [0.15, 0.2) is 0 Å². The Hall–Kier alpha value is -4.17. The monoisotopic (exact) mass is 526 g/mol. The van der Waals surface area contributed by atoms with E-state index in [0.29, 0.717) is 28.5 Å². The first-order valence-corrected chi connectivity index (χ1v) is 13.2. The number of aliphatic hydroxyl groups excluding tert-OH is 1. The topological polar surface area (TPSA) is 88.1 Å². The zero-order chi connectivity index (χ0) is 26.4. The molecule has 0 aliphatic carbocycles. The molecule has 3 heterocycles. The number of hydrogen-bond donors (Lipinski definition) is 2. The van der Waals surface area contributed by atoms with Crippen molar-refractivity contribution < 1.29 is 24.2 Å². The number of nitrogens with one attached hydrogen (secondary N) is 1. The summed E-state index contributed by atoms with van der Waals surface area (Å²) in [6.45, 7) is 0. The lowest BCUT2D eigenvalue weighted by molar-refractivity contribution is -0.137. The van der Waals surface area contributed by atoms with Gasteiger partial charge >= 0.3 is 5.97 Å². The van der Waals surface area contributed by atoms with Crippen LogP contribution < -0.4 is 10.1 Å². The van der Waals surface area contributed by atoms with E-state index in [0.717, 1.165) is 16.8 Å². The summed E-state index contributed by atoms with van der Waals surface area (Å²) < 4.78 is 10.4. The van der Waals surface area contributed by atoms with E-state index in [2.05, 4.69) is 5.32 Å². The first kappa shape index (κ1) is 24.2. The van der Waals surface area contributed by atoms with Gasteiger partial charge in [0.2, 0.25) is 5.78 Å². The van der Waals surface area contributed by atoms with Crippen LogP contribution in [0.4, 0.5) is 5.69 Å². The Morgan fingerprint density at radius 1 is 0.974 bits per heavy atom. The molecule has 0 spiro atoms. The summed E-state index contributed by atoms with van der Waals surface area (Å²) in [5.74, 6) is -0.111. The summed E-state index contributed by atoms with van der Waals surface area (Å²) in [7, 11) is 2.89. The molecule has 0 saturated carbocycles. The van der Waals surface area contributed by atoms with Crippen LogP contribution in [-0.4, -0.2) is 47.3 Å². The van der Waals surface area contributed by atoms with Crippen LogP contribution in [0.2, 0.25) is 0 Å². The van der Waals surface area contributed by atoms with Gasteiger partial charge in [-0.2, -0.15) is 0 Å². The quantitative estimate of drug-likeness (QED) is 0.333. The maximum absolute atomic E-state index is 14.3. The van der Waals surface area contributed by atoms with Crippen molar-refractivity contribution in [3.8, 4) is 5.75 Å². The van der Waals surface area contributed by atoms with Crippen molar-refractivity contribution in [3.05, 3.63) is 118 Å². The smallest absolute Gasteiger partial charge is 0.339 e. The average Bonchev–Trinajstić information content (AvgIpc) is 2.96. The van der Waals surface area contributed by atoms with E-state index in [1.807, 2.05) is 59.5 Å². The number of ether oxygens (including phenoxy) is 2. The van der Waals surface area contributed by atoms with Crippen molar-refractivity contribution >= 4 is 29.2 Å². The van der Waals surface area contributed by atoms with Crippen molar-refractivity contribution in [3.63, 3.8) is 0 Å². The predicted octanol–water partition coefficient (Wildman–Crippen LogP) is 5.24. The minimum absolute atomic E-state index is 0.00547. The number of methoxy groups -OCH3 is 2. The molecule has 3 aliphatic rings. The second kappa shape index (κ2) is 9.61. The minimum atomic E-state index is -0.586. The molecule has 4 bridgehead atoms. The number of para-hydroxylation sites is 1. The van der Waals surface area contributed by atoms with E-state index in [-0.39, 0.29) is 23.2 Å². The van der Waals surface area contributed by atoms with Crippen LogP contribution in [-0.2, 0) is 16.0 Å². The van der Waals surface area contributed by atoms with Gasteiger partial charge in [0.05, 0.1) is 37.1 Å². The average molecular weight is 527 g/mol. The molecule has 0 amide bonds. The molecule has 3 aliphatic heterocycles. The van der Waals surface area contributed by atoms with Gasteiger partial charge in [0.25, 0.3) is 0 Å². The van der Waals surface area contributed by atoms with Crippen LogP contribution in [0.5, 0.6) is 5.75 Å². The fraction of sp³-hybridized carbons (Fsp3) is 0.200. The molecule has 0 aromatic heterocycles. The lowest BCUT2D eigenvalue weighted by atomic mass is 9.77. The number of ketones is 1. The van der Waals surface area contributed by atoms with Crippen LogP contribution >= 0.6 is 11.8 Å². The Balaban J connectivity index is 1.56. The molecule has 3 atom stereocenters. The van der Waals surface area contributed by atoms with E-state index in [1.54, 1.807) is 31.4 Å². The highest BCUT2D eigenvalue weighted by Crippen LogP contribution is 2.56. The van der Waals surface area contributed by atoms with Crippen molar-refractivity contribution in [2.75, 3.05) is 19.5 Å². The van der Waals surface area contributed by atoms with Crippen molar-refractivity contribution in [1.82, 2.24) is 4.90 Å². The maximum Gasteiger partial charge on any atom is 0.339 e. The van der Waals surface area contributed by atoms with Crippen LogP contribution in [0.25, 0.3) is 0 Å². The molecule has 0 saturated heterocycles. The third-order valence-electron chi connectivity index (χ3n) is 7.31. The summed E-state index contributed by atoms with van der Waals surface area (Å²) >= 11 is 1.36. The zero-order valence-electron chi connectivity index (χ0n) is 20.9. The van der Waals surface area contributed by atoms with Crippen molar-refractivity contribution in [2.45, 2.75) is 23.8 Å². The van der Waals surface area contributed by atoms with Gasteiger partial charge in [0.1, 0.15) is 22.2 Å². The number of carbonyl (C=O) groups excluding carboxylic acids is 2. The number of Topliss-reactive ketones (excluding diaryl/α,β-unsaturated/α-hetero) is 1. The first-order chi connectivity index (χ1) is 18.5. The second-order valence-corrected chi connectivity index (χ2v) is 10.5. The Bertz CT molecular complexity index is 1480. The van der Waals surface area contributed by atoms with Crippen LogP contribution in [0.15, 0.2) is 101 Å². The molecule has 3 aromatic carbocycles. The molecule has 6 rings (SSSR count). The van der Waals surface area contributed by atoms with Crippen LogP contribution in [0.3, 0.4) is 0 Å². The number of benzene rings is 3. The first-order valence-electron chi connectivity index (χ1n) is 12.3. The summed E-state index contributed by atoms with van der Waals surface area (Å²) in [5.41, 5.74) is 4.10. The van der Waals surface area contributed by atoms with Gasteiger partial charge in [-0.05, 0) is 53.9 Å². The number of esters is 1. The molecule has 3 unspecified atom stereocenters. The number of aliphatic hydroxyl groups is 1. The maximum atomic E-state index is 14.3. The summed E-state index contributed by atoms with van der Waals surface area (Å²) in [4.78, 5) is 29.3. The lowest BCUT2D eigenvalue weighted by Crippen LogP contribution is -2.56. The fourth-order valence-corrected chi connectivity index (χ4v) is 6.97. The Morgan fingerprint density at radius 3 is 2.39 bits per heavy atom. The van der Waals surface area contributed by atoms with Crippen LogP contribution in [0, 0.1) is 0 Å². The Morgan fingerprint density at radius 2 is 1.68 bits per heavy atom. The zero-order valence-corrected chi connectivity index (χ0v) is 21.7. The molecule has 2 N–H and O–H groups in total. The molecule has 8 heteroatoms. The largest absolute Gasteiger partial charge is 0.510 e. The number of carbonyl (C=O) groups is 2. The number of rotatable bonds is 6. The highest BCUT2D eigenvalue weighted by molar-refractivity contribution is 8.04. The molecular weight excluding hydrogens is 500 g/mol. The number of nitrogens with zero attached hydrogens (tertiary/aromatic N) is 1. The SMILES string of the molecule is COC(=O)C1=C(O)C2SC(Nc3ccccc3)=C(C(=O)c3ccc(OC)cc3)N3C1Cc1ccccc1C23. The van der Waals surface area contributed by atoms with E-state index in [1.165, 1.54) is 18.9 Å². The minimum Gasteiger partial charge on any atom is -0.510 e. The Kier molecular flexibility index (Phi) is 6.12. The van der Waals surface area contributed by atoms with Gasteiger partial charge in [-0.3, -0.25) is 4.79 Å². The highest BCUT2D eigenvalue weighted by Gasteiger charge is 2.54. The molecular formula is C30H26N2O5S. The number of fused-ring (bicyclic) bond motifs is 1. The third kappa shape index (κ3) is 3.83. The van der Waals surface area contributed by atoms with Gasteiger partial charge in [-0.1, -0.05) is 54.2 Å². The molecule has 0 fully saturated rings. The Labute approximate surface area is 224 Å². The molecule has 0 radical (unpaired) electrons. The number of thioether (sulfide) groups is 1. The van der Waals surface area contributed by atoms with Gasteiger partial charge in [0, 0.05) is 11.3 Å².